The van der Waals surface area contributed by atoms with Crippen LogP contribution in [0.3, 0.4) is 0 Å². The molecule has 2 saturated heterocycles. The molecule has 27 nitrogen and oxygen atoms in total. The number of nitrogens with one attached hydrogen (secondary N) is 2. The summed E-state index contributed by atoms with van der Waals surface area (Å²) in [4.78, 5) is 125. The lowest BCUT2D eigenvalue weighted by molar-refractivity contribution is -0.122. The smallest absolute Gasteiger partial charge is 0.394 e. The van der Waals surface area contributed by atoms with Crippen LogP contribution in [0.1, 0.15) is 157 Å². The zero-order valence-electron chi connectivity index (χ0n) is 54.0. The minimum atomic E-state index is -5.05. The molecule has 8 rings (SSSR count). The van der Waals surface area contributed by atoms with Gasteiger partial charge < -0.3 is 69.4 Å². The van der Waals surface area contributed by atoms with Gasteiger partial charge in [-0.15, -0.1) is 0 Å². The van der Waals surface area contributed by atoms with Crippen LogP contribution >= 0.6 is 7.82 Å². The Hall–Kier alpha value is -7.00. The molecule has 91 heavy (non-hydrogen) atoms. The number of aliphatic hydroxyl groups excluding tert-OH is 2. The summed E-state index contributed by atoms with van der Waals surface area (Å²) >= 11 is 0. The molecule has 7 amide bonds. The molecule has 6 aliphatic heterocycles. The highest BCUT2D eigenvalue weighted by Gasteiger charge is 2.62. The predicted octanol–water partition coefficient (Wildman–Crippen LogP) is 3.55. The molecule has 17 N–H and O–H groups in total. The lowest BCUT2D eigenvalue weighted by atomic mass is 9.58. The van der Waals surface area contributed by atoms with Crippen molar-refractivity contribution >= 4 is 77.3 Å². The van der Waals surface area contributed by atoms with Crippen molar-refractivity contribution in [3.05, 3.63) is 63.9 Å². The van der Waals surface area contributed by atoms with Gasteiger partial charge >= 0.3 is 7.82 Å². The molecule has 1 aromatic heterocycles. The van der Waals surface area contributed by atoms with Crippen molar-refractivity contribution in [3.8, 4) is 0 Å². The number of aryl methyl sites for hydroxylation is 2. The van der Waals surface area contributed by atoms with Crippen molar-refractivity contribution in [2.75, 3.05) is 13.2 Å². The van der Waals surface area contributed by atoms with E-state index in [0.717, 1.165) is 11.1 Å². The van der Waals surface area contributed by atoms with Crippen molar-refractivity contribution in [1.29, 1.82) is 0 Å². The summed E-state index contributed by atoms with van der Waals surface area (Å²) in [7, 11) is -5.05. The van der Waals surface area contributed by atoms with Crippen molar-refractivity contribution < 1.29 is 67.0 Å². The minimum absolute atomic E-state index is 0.0266. The van der Waals surface area contributed by atoms with E-state index >= 15 is 0 Å². The molecule has 2 fully saturated rings. The Morgan fingerprint density at radius 2 is 1.42 bits per heavy atom. The standard InChI is InChI=1S/C63H92N13O14P/c1-30-20-40-42(21-31(30)2)76(29-71-40)58-54(85)55(43(28-77)88-58)90-91(86,87)89-32(3)27-70-51(84)18-19-60(8)38(22-48(67)81)41-24-63(11)62(10,26-50(69)83)37(14-17-47(66)80)53(75-63)34(5)57-61(9,25-49(68)82)35(12-15-45(64)78)39(72-57)23-44-59(6,7)36(13-16-46(65)79)52(74-44)33(4)56(60)73-41/h20-21,23,29,32,35-38,41,43,54-55,58,72,77,85H,12-19,22,24-28H2,1-11H3,(H2,64,78)(H2,65,79)(H2,66,80)(H2,67,81)(H2,68,82)(H2,69,83)(H,70,84)(H,86,87)/b39-23?,52-33?,57-34-/t32-,35-,36+,37-,38+,41+,43-,54-,55-,58+,60-,61+,62+,63+/m1/s1. The quantitative estimate of drug-likeness (QED) is 0.0600. The van der Waals surface area contributed by atoms with E-state index in [2.05, 4.69) is 15.6 Å². The largest absolute Gasteiger partial charge is 0.472 e. The maximum absolute atomic E-state index is 14.3. The average molecular weight is 1290 g/mol. The second-order valence-electron chi connectivity index (χ2n) is 27.5. The first-order valence-corrected chi connectivity index (χ1v) is 32.5. The molecule has 28 heteroatoms. The number of fused-ring (bicyclic) bond motifs is 6. The van der Waals surface area contributed by atoms with Gasteiger partial charge in [0.05, 0.1) is 41.7 Å². The molecule has 0 radical (unpaired) electrons. The molecule has 0 spiro atoms. The number of primary amides is 6. The third-order valence-corrected chi connectivity index (χ3v) is 22.0. The topological polar surface area (TPSA) is 460 Å². The second kappa shape index (κ2) is 26.2. The molecule has 0 aliphatic carbocycles. The zero-order valence-corrected chi connectivity index (χ0v) is 54.9. The third-order valence-electron chi connectivity index (χ3n) is 20.8. The number of carbonyl (C=O) groups excluding carboxylic acids is 7. The minimum Gasteiger partial charge on any atom is -0.394 e. The second-order valence-corrected chi connectivity index (χ2v) is 28.9. The summed E-state index contributed by atoms with van der Waals surface area (Å²) in [6, 6.07) is 2.93. The number of aliphatic imine (C=N–C) groups is 3. The molecule has 7 heterocycles. The Morgan fingerprint density at radius 1 is 0.813 bits per heavy atom. The molecule has 6 aliphatic rings. The van der Waals surface area contributed by atoms with Gasteiger partial charge in [0.2, 0.25) is 41.4 Å². The van der Waals surface area contributed by atoms with Gasteiger partial charge in [0.25, 0.3) is 0 Å². The van der Waals surface area contributed by atoms with Crippen LogP contribution in [0.5, 0.6) is 0 Å². The summed E-state index contributed by atoms with van der Waals surface area (Å²) < 4.78 is 32.3. The van der Waals surface area contributed by atoms with E-state index in [-0.39, 0.29) is 83.6 Å². The van der Waals surface area contributed by atoms with E-state index < -0.39 is 143 Å². The van der Waals surface area contributed by atoms with Crippen LogP contribution < -0.4 is 45.0 Å². The van der Waals surface area contributed by atoms with Crippen LogP contribution in [0.2, 0.25) is 0 Å². The molecular formula is C63H92N13O14P. The summed E-state index contributed by atoms with van der Waals surface area (Å²) in [5.41, 5.74) is 38.0. The summed E-state index contributed by atoms with van der Waals surface area (Å²) in [6.07, 6.45) is -3.74. The number of benzene rings is 1. The van der Waals surface area contributed by atoms with Gasteiger partial charge in [0, 0.05) is 131 Å². The van der Waals surface area contributed by atoms with Crippen LogP contribution in [0, 0.1) is 59.2 Å². The van der Waals surface area contributed by atoms with Crippen LogP contribution in [0.4, 0.5) is 0 Å². The Kier molecular flexibility index (Phi) is 20.1. The lowest BCUT2D eigenvalue weighted by Crippen LogP contribution is -2.49. The van der Waals surface area contributed by atoms with E-state index in [0.29, 0.717) is 56.4 Å². The Balaban J connectivity index is 1.18. The number of phosphoric ester groups is 1. The molecule has 0 saturated carbocycles. The van der Waals surface area contributed by atoms with Gasteiger partial charge in [-0.2, -0.15) is 0 Å². The number of allylic oxidation sites excluding steroid dienone is 6. The number of aromatic nitrogens is 2. The normalized spacial score (nSPS) is 32.7. The van der Waals surface area contributed by atoms with Gasteiger partial charge in [0.15, 0.2) is 6.23 Å². The van der Waals surface area contributed by atoms with E-state index in [1.807, 2.05) is 87.4 Å². The van der Waals surface area contributed by atoms with Gasteiger partial charge in [-0.3, -0.25) is 57.6 Å². The molecule has 1 aromatic carbocycles. The first kappa shape index (κ1) is 69.9. The highest BCUT2D eigenvalue weighted by atomic mass is 31.2. The number of aliphatic hydroxyl groups is 2. The van der Waals surface area contributed by atoms with E-state index in [1.54, 1.807) is 4.57 Å². The Bertz CT molecular complexity index is 3560. The van der Waals surface area contributed by atoms with Crippen molar-refractivity contribution in [3.63, 3.8) is 0 Å². The van der Waals surface area contributed by atoms with E-state index in [9.17, 15) is 53.2 Å². The molecule has 1 unspecified atom stereocenters. The van der Waals surface area contributed by atoms with Gasteiger partial charge in [-0.1, -0.05) is 34.6 Å². The van der Waals surface area contributed by atoms with E-state index in [1.165, 1.54) is 13.3 Å². The fourth-order valence-corrected chi connectivity index (χ4v) is 16.7. The first-order valence-electron chi connectivity index (χ1n) is 31.0. The number of ether oxygens (including phenoxy) is 1. The number of amides is 7. The van der Waals surface area contributed by atoms with Crippen LogP contribution in [0.25, 0.3) is 11.0 Å². The predicted molar refractivity (Wildman–Crippen MR) is 338 cm³/mol. The van der Waals surface area contributed by atoms with Crippen LogP contribution in [-0.4, -0.2) is 132 Å². The van der Waals surface area contributed by atoms with Gasteiger partial charge in [-0.05, 0) is 114 Å². The number of imidazole rings is 1. The number of hydrogen-bond acceptors (Lipinski definition) is 18. The number of phosphoric acid groups is 1. The molecule has 498 valence electrons. The summed E-state index contributed by atoms with van der Waals surface area (Å²) in [6.45, 7) is 19.5. The van der Waals surface area contributed by atoms with Crippen molar-refractivity contribution in [1.82, 2.24) is 20.2 Å². The highest BCUT2D eigenvalue weighted by molar-refractivity contribution is 7.47. The van der Waals surface area contributed by atoms with Crippen molar-refractivity contribution in [2.24, 2.45) is 94.7 Å². The average Bonchev–Trinajstić information content (AvgIpc) is 1.55. The Morgan fingerprint density at radius 3 is 2.01 bits per heavy atom. The Labute approximate surface area is 529 Å². The zero-order chi connectivity index (χ0) is 67.4. The third kappa shape index (κ3) is 13.8. The maximum Gasteiger partial charge on any atom is 0.472 e. The number of nitrogens with two attached hydrogens (primary N) is 6. The van der Waals surface area contributed by atoms with Crippen molar-refractivity contribution in [2.45, 2.75) is 195 Å². The van der Waals surface area contributed by atoms with Crippen LogP contribution in [-0.2, 0) is 51.9 Å². The summed E-state index contributed by atoms with van der Waals surface area (Å²) in [5.74, 6) is -6.74. The fourth-order valence-electron chi connectivity index (χ4n) is 15.6. The number of hydrogen-bond donors (Lipinski definition) is 11. The number of carbonyl (C=O) groups is 7. The molecule has 15 atom stereocenters. The maximum atomic E-state index is 14.3. The summed E-state index contributed by atoms with van der Waals surface area (Å²) in [5, 5.41) is 28.2. The van der Waals surface area contributed by atoms with Gasteiger partial charge in [0.1, 0.15) is 18.3 Å². The van der Waals surface area contributed by atoms with E-state index in [4.69, 9.17) is 63.2 Å². The van der Waals surface area contributed by atoms with Gasteiger partial charge in [-0.25, -0.2) is 9.55 Å². The SMILES string of the molecule is CC1=C2N=C(C=C3N/C(=C(/C)C4=N[C@@](C)(C[C@@H]5N=C1[C@](C)(CCC(=O)NC[C@@H](C)OP(=O)(O)O[C@H]1[C@@H](O)[C@@H](n6cnc7cc(C)c(C)cc76)O[C@@H]1CO)[C@H]5CC(N)=O)[C@@](C)(CC(N)=O)[C@@H]4CCC(N)=O)[C@@](C)(CC(N)=O)[C@@H]3CCC(N)=O)C(C)(C)[C@H]2CCC(N)=O. The number of rotatable bonds is 26. The highest BCUT2D eigenvalue weighted by Crippen LogP contribution is 2.60. The fraction of sp³-hybridized carbons (Fsp3) is 0.635. The monoisotopic (exact) mass is 1290 g/mol. The molecule has 8 bridgehead atoms. The van der Waals surface area contributed by atoms with Crippen LogP contribution in [0.15, 0.2) is 67.8 Å². The number of nitrogens with zero attached hydrogens (tertiary/aromatic N) is 5. The first-order chi connectivity index (χ1) is 42.3. The lowest BCUT2D eigenvalue weighted by Gasteiger charge is -2.45. The molecular weight excluding hydrogens is 1190 g/mol. The molecule has 2 aromatic rings.